The molecule has 98 valence electrons. The van der Waals surface area contributed by atoms with Crippen LogP contribution in [-0.4, -0.2) is 5.11 Å². The number of rotatable bonds is 2. The van der Waals surface area contributed by atoms with E-state index in [9.17, 15) is 5.11 Å². The predicted molar refractivity (Wildman–Crippen MR) is 83.7 cm³/mol. The van der Waals surface area contributed by atoms with E-state index in [2.05, 4.69) is 19.1 Å². The zero-order chi connectivity index (χ0) is 13.9. The Morgan fingerprint density at radius 3 is 1.95 bits per heavy atom. The lowest BCUT2D eigenvalue weighted by Crippen LogP contribution is -1.84. The van der Waals surface area contributed by atoms with Crippen LogP contribution in [0.1, 0.15) is 5.56 Å². The monoisotopic (exact) mass is 260 g/mol. The Balaban J connectivity index is 2.15. The van der Waals surface area contributed by atoms with Crippen molar-refractivity contribution in [1.29, 1.82) is 0 Å². The second kappa shape index (κ2) is 5.22. The summed E-state index contributed by atoms with van der Waals surface area (Å²) in [5.41, 5.74) is 4.99. The minimum atomic E-state index is 0.337. The van der Waals surface area contributed by atoms with Crippen LogP contribution in [0.4, 0.5) is 0 Å². The second-order valence-corrected chi connectivity index (χ2v) is 4.94. The molecule has 0 aliphatic rings. The molecule has 0 radical (unpaired) electrons. The molecule has 20 heavy (non-hydrogen) atoms. The van der Waals surface area contributed by atoms with E-state index in [0.29, 0.717) is 5.75 Å². The first kappa shape index (κ1) is 12.5. The Bertz CT molecular complexity index is 730. The molecule has 0 atom stereocenters. The molecule has 1 N–H and O–H groups in total. The zero-order valence-corrected chi connectivity index (χ0v) is 11.4. The molecule has 0 amide bonds. The molecule has 3 rings (SSSR count). The van der Waals surface area contributed by atoms with Crippen molar-refractivity contribution in [1.82, 2.24) is 0 Å². The largest absolute Gasteiger partial charge is 0.507 e. The summed E-state index contributed by atoms with van der Waals surface area (Å²) in [6, 6.07) is 24.0. The summed E-state index contributed by atoms with van der Waals surface area (Å²) < 4.78 is 0. The summed E-state index contributed by atoms with van der Waals surface area (Å²) in [7, 11) is 0. The highest BCUT2D eigenvalue weighted by molar-refractivity contribution is 5.82. The number of para-hydroxylation sites is 1. The van der Waals surface area contributed by atoms with Gasteiger partial charge >= 0.3 is 0 Å². The maximum absolute atomic E-state index is 10.6. The summed E-state index contributed by atoms with van der Waals surface area (Å²) in [5, 5.41) is 10.6. The minimum absolute atomic E-state index is 0.337. The molecule has 0 saturated heterocycles. The van der Waals surface area contributed by atoms with Gasteiger partial charge in [-0.25, -0.2) is 0 Å². The molecule has 1 nitrogen and oxygen atoms in total. The summed E-state index contributed by atoms with van der Waals surface area (Å²) >= 11 is 0. The fourth-order valence-electron chi connectivity index (χ4n) is 2.44. The number of hydrogen-bond donors (Lipinski definition) is 1. The number of aryl methyl sites for hydroxylation is 1. The van der Waals surface area contributed by atoms with Gasteiger partial charge in [0.2, 0.25) is 0 Å². The van der Waals surface area contributed by atoms with Crippen LogP contribution >= 0.6 is 0 Å². The Morgan fingerprint density at radius 2 is 1.25 bits per heavy atom. The SMILES string of the molecule is Cc1cccc(-c2cccc(-c3ccccc3)c2O)c1. The standard InChI is InChI=1S/C19H16O/c1-14-7-5-10-16(13-14)18-12-6-11-17(19(18)20)15-8-3-2-4-9-15/h2-13,20H,1H3. The van der Waals surface area contributed by atoms with Gasteiger partial charge in [0.25, 0.3) is 0 Å². The highest BCUT2D eigenvalue weighted by atomic mass is 16.3. The fourth-order valence-corrected chi connectivity index (χ4v) is 2.44. The zero-order valence-electron chi connectivity index (χ0n) is 11.4. The van der Waals surface area contributed by atoms with Gasteiger partial charge in [0.15, 0.2) is 0 Å². The van der Waals surface area contributed by atoms with Gasteiger partial charge in [0, 0.05) is 11.1 Å². The van der Waals surface area contributed by atoms with Gasteiger partial charge in [-0.3, -0.25) is 0 Å². The van der Waals surface area contributed by atoms with Crippen molar-refractivity contribution in [3.63, 3.8) is 0 Å². The molecule has 0 bridgehead atoms. The van der Waals surface area contributed by atoms with Gasteiger partial charge in [-0.15, -0.1) is 0 Å². The van der Waals surface area contributed by atoms with Crippen LogP contribution in [0.25, 0.3) is 22.3 Å². The second-order valence-electron chi connectivity index (χ2n) is 4.94. The normalized spacial score (nSPS) is 10.4. The van der Waals surface area contributed by atoms with Crippen LogP contribution in [0.5, 0.6) is 5.75 Å². The number of phenols is 1. The van der Waals surface area contributed by atoms with Crippen LogP contribution in [0.2, 0.25) is 0 Å². The Labute approximate surface area is 119 Å². The summed E-state index contributed by atoms with van der Waals surface area (Å²) in [6.07, 6.45) is 0. The molecular weight excluding hydrogens is 244 g/mol. The van der Waals surface area contributed by atoms with Gasteiger partial charge < -0.3 is 5.11 Å². The molecule has 0 spiro atoms. The van der Waals surface area contributed by atoms with Crippen molar-refractivity contribution in [3.05, 3.63) is 78.4 Å². The van der Waals surface area contributed by atoms with Gasteiger partial charge in [0.05, 0.1) is 0 Å². The van der Waals surface area contributed by atoms with Crippen LogP contribution in [0, 0.1) is 6.92 Å². The van der Waals surface area contributed by atoms with Crippen LogP contribution in [0.3, 0.4) is 0 Å². The summed E-state index contributed by atoms with van der Waals surface area (Å²) in [5.74, 6) is 0.337. The maximum Gasteiger partial charge on any atom is 0.131 e. The number of phenolic OH excluding ortho intramolecular Hbond substituents is 1. The molecule has 1 heteroatoms. The summed E-state index contributed by atoms with van der Waals surface area (Å²) in [4.78, 5) is 0. The maximum atomic E-state index is 10.6. The molecular formula is C19H16O. The molecule has 0 aliphatic heterocycles. The molecule has 0 saturated carbocycles. The van der Waals surface area contributed by atoms with E-state index in [0.717, 1.165) is 22.3 Å². The van der Waals surface area contributed by atoms with Crippen molar-refractivity contribution in [3.8, 4) is 28.0 Å². The third-order valence-corrected chi connectivity index (χ3v) is 3.45. The van der Waals surface area contributed by atoms with E-state index in [-0.39, 0.29) is 0 Å². The van der Waals surface area contributed by atoms with Gasteiger partial charge in [-0.1, -0.05) is 78.4 Å². The Hall–Kier alpha value is -2.54. The van der Waals surface area contributed by atoms with Crippen molar-refractivity contribution in [2.75, 3.05) is 0 Å². The average molecular weight is 260 g/mol. The summed E-state index contributed by atoms with van der Waals surface area (Å²) in [6.45, 7) is 2.06. The fraction of sp³-hybridized carbons (Fsp3) is 0.0526. The smallest absolute Gasteiger partial charge is 0.131 e. The molecule has 0 heterocycles. The Morgan fingerprint density at radius 1 is 0.650 bits per heavy atom. The van der Waals surface area contributed by atoms with E-state index in [1.54, 1.807) is 0 Å². The van der Waals surface area contributed by atoms with Gasteiger partial charge in [-0.2, -0.15) is 0 Å². The third kappa shape index (κ3) is 2.30. The highest BCUT2D eigenvalue weighted by Gasteiger charge is 2.10. The van der Waals surface area contributed by atoms with E-state index in [1.807, 2.05) is 60.7 Å². The Kier molecular flexibility index (Phi) is 3.26. The lowest BCUT2D eigenvalue weighted by molar-refractivity contribution is 0.479. The van der Waals surface area contributed by atoms with Crippen molar-refractivity contribution >= 4 is 0 Å². The van der Waals surface area contributed by atoms with E-state index in [4.69, 9.17) is 0 Å². The molecule has 0 aromatic heterocycles. The van der Waals surface area contributed by atoms with Crippen molar-refractivity contribution in [2.24, 2.45) is 0 Å². The number of hydrogen-bond acceptors (Lipinski definition) is 1. The molecule has 3 aromatic carbocycles. The first-order chi connectivity index (χ1) is 9.75. The lowest BCUT2D eigenvalue weighted by Gasteiger charge is -2.10. The highest BCUT2D eigenvalue weighted by Crippen LogP contribution is 2.37. The minimum Gasteiger partial charge on any atom is -0.507 e. The van der Waals surface area contributed by atoms with E-state index in [1.165, 1.54) is 5.56 Å². The molecule has 0 unspecified atom stereocenters. The van der Waals surface area contributed by atoms with Crippen LogP contribution in [-0.2, 0) is 0 Å². The first-order valence-corrected chi connectivity index (χ1v) is 6.70. The van der Waals surface area contributed by atoms with Crippen molar-refractivity contribution in [2.45, 2.75) is 6.92 Å². The van der Waals surface area contributed by atoms with Crippen molar-refractivity contribution < 1.29 is 5.11 Å². The topological polar surface area (TPSA) is 20.2 Å². The lowest BCUT2D eigenvalue weighted by atomic mass is 9.96. The first-order valence-electron chi connectivity index (χ1n) is 6.70. The predicted octanol–water partition coefficient (Wildman–Crippen LogP) is 5.03. The number of aromatic hydroxyl groups is 1. The molecule has 3 aromatic rings. The van der Waals surface area contributed by atoms with E-state index < -0.39 is 0 Å². The van der Waals surface area contributed by atoms with Crippen LogP contribution < -0.4 is 0 Å². The average Bonchev–Trinajstić information content (AvgIpc) is 2.48. The molecule has 0 fully saturated rings. The third-order valence-electron chi connectivity index (χ3n) is 3.45. The molecule has 0 aliphatic carbocycles. The van der Waals surface area contributed by atoms with Gasteiger partial charge in [-0.05, 0) is 18.1 Å². The van der Waals surface area contributed by atoms with Crippen LogP contribution in [0.15, 0.2) is 72.8 Å². The number of benzene rings is 3. The quantitative estimate of drug-likeness (QED) is 0.684. The van der Waals surface area contributed by atoms with E-state index >= 15 is 0 Å². The van der Waals surface area contributed by atoms with Gasteiger partial charge in [0.1, 0.15) is 5.75 Å².